The Morgan fingerprint density at radius 3 is 2.64 bits per heavy atom. The third-order valence-electron chi connectivity index (χ3n) is 7.10. The summed E-state index contributed by atoms with van der Waals surface area (Å²) < 4.78 is 6.48. The summed E-state index contributed by atoms with van der Waals surface area (Å²) in [5.74, 6) is 0.950. The molecule has 0 radical (unpaired) electrons. The fourth-order valence-electron chi connectivity index (χ4n) is 4.93. The number of aliphatic hydroxyl groups is 1. The summed E-state index contributed by atoms with van der Waals surface area (Å²) in [4.78, 5) is 2.42. The number of rotatable bonds is 12. The molecule has 2 atom stereocenters. The molecule has 0 bridgehead atoms. The highest BCUT2D eigenvalue weighted by Gasteiger charge is 2.31. The van der Waals surface area contributed by atoms with Crippen LogP contribution in [0.2, 0.25) is 0 Å². The molecule has 1 N–H and O–H groups in total. The first-order valence-corrected chi connectivity index (χ1v) is 12.8. The van der Waals surface area contributed by atoms with Crippen LogP contribution in [-0.4, -0.2) is 29.2 Å². The predicted molar refractivity (Wildman–Crippen MR) is 139 cm³/mol. The van der Waals surface area contributed by atoms with E-state index in [0.29, 0.717) is 6.61 Å². The van der Waals surface area contributed by atoms with E-state index in [4.69, 9.17) is 4.74 Å². The molecule has 3 rings (SSSR count). The van der Waals surface area contributed by atoms with Gasteiger partial charge in [-0.2, -0.15) is 0 Å². The van der Waals surface area contributed by atoms with E-state index in [1.807, 2.05) is 12.1 Å². The van der Waals surface area contributed by atoms with E-state index in [0.717, 1.165) is 31.7 Å². The van der Waals surface area contributed by atoms with Crippen LogP contribution in [0.4, 0.5) is 0 Å². The molecular weight excluding hydrogens is 406 g/mol. The molecule has 1 heterocycles. The average molecular weight is 450 g/mol. The van der Waals surface area contributed by atoms with Crippen molar-refractivity contribution in [3.05, 3.63) is 77.9 Å². The number of hydrogen-bond acceptors (Lipinski definition) is 3. The summed E-state index contributed by atoms with van der Waals surface area (Å²) in [6.07, 6.45) is 9.54. The van der Waals surface area contributed by atoms with Gasteiger partial charge in [0.1, 0.15) is 12.4 Å². The molecule has 2 aromatic carbocycles. The fourth-order valence-corrected chi connectivity index (χ4v) is 4.93. The van der Waals surface area contributed by atoms with Gasteiger partial charge in [-0.1, -0.05) is 95.0 Å². The van der Waals surface area contributed by atoms with E-state index in [9.17, 15) is 5.11 Å². The molecule has 180 valence electrons. The maximum atomic E-state index is 10.5. The second-order valence-electron chi connectivity index (χ2n) is 10.2. The lowest BCUT2D eigenvalue weighted by atomic mass is 9.79. The molecule has 3 heteroatoms. The van der Waals surface area contributed by atoms with Gasteiger partial charge in [0.2, 0.25) is 0 Å². The maximum absolute atomic E-state index is 10.5. The summed E-state index contributed by atoms with van der Waals surface area (Å²) >= 11 is 0. The second-order valence-corrected chi connectivity index (χ2v) is 10.2. The zero-order valence-corrected chi connectivity index (χ0v) is 20.9. The van der Waals surface area contributed by atoms with Crippen molar-refractivity contribution < 1.29 is 9.84 Å². The molecule has 0 aromatic heterocycles. The van der Waals surface area contributed by atoms with Gasteiger partial charge in [0.15, 0.2) is 0 Å². The molecule has 0 spiro atoms. The van der Waals surface area contributed by atoms with Crippen LogP contribution < -0.4 is 4.74 Å². The van der Waals surface area contributed by atoms with Crippen molar-refractivity contribution in [2.45, 2.75) is 89.9 Å². The Bertz CT molecular complexity index is 861. The van der Waals surface area contributed by atoms with Gasteiger partial charge < -0.3 is 9.84 Å². The van der Waals surface area contributed by atoms with Crippen molar-refractivity contribution >= 4 is 0 Å². The second kappa shape index (κ2) is 12.4. The first kappa shape index (κ1) is 25.5. The molecule has 1 aliphatic heterocycles. The minimum Gasteiger partial charge on any atom is -0.489 e. The number of benzene rings is 2. The van der Waals surface area contributed by atoms with E-state index in [1.54, 1.807) is 0 Å². The third kappa shape index (κ3) is 7.19. The van der Waals surface area contributed by atoms with Crippen LogP contribution in [0.3, 0.4) is 0 Å². The van der Waals surface area contributed by atoms with Gasteiger partial charge in [-0.05, 0) is 41.9 Å². The van der Waals surface area contributed by atoms with Gasteiger partial charge in [0.25, 0.3) is 0 Å². The highest BCUT2D eigenvalue weighted by molar-refractivity contribution is 5.43. The Morgan fingerprint density at radius 2 is 1.91 bits per heavy atom. The fraction of sp³-hybridized carbons (Fsp3) is 0.533. The van der Waals surface area contributed by atoms with Crippen LogP contribution in [0.15, 0.2) is 61.2 Å². The zero-order chi connectivity index (χ0) is 23.7. The molecule has 2 aromatic rings. The lowest BCUT2D eigenvalue weighted by molar-refractivity contribution is 0.0460. The highest BCUT2D eigenvalue weighted by atomic mass is 16.5. The van der Waals surface area contributed by atoms with Gasteiger partial charge >= 0.3 is 0 Å². The summed E-state index contributed by atoms with van der Waals surface area (Å²) in [5, 5.41) is 10.5. The van der Waals surface area contributed by atoms with Gasteiger partial charge in [-0.25, -0.2) is 0 Å². The maximum Gasteiger partial charge on any atom is 0.124 e. The van der Waals surface area contributed by atoms with Crippen molar-refractivity contribution in [1.82, 2.24) is 4.90 Å². The minimum absolute atomic E-state index is 0.101. The molecule has 1 saturated heterocycles. The summed E-state index contributed by atoms with van der Waals surface area (Å²) in [6.45, 7) is 13.2. The Labute approximate surface area is 201 Å². The standard InChI is InChI=1S/C30H43NO2/c1-5-7-8-12-18-30(3,4)25-15-16-27(28-22-26(32)17-20-31(28)19-6-2)29(21-25)33-23-24-13-10-9-11-14-24/h6,9-11,13-16,21,26,28,32H,2,5,7-8,12,17-20,22-23H2,1,3-4H3/t26-,28+/m0/s1. The number of likely N-dealkylation sites (tertiary alicyclic amines) is 1. The lowest BCUT2D eigenvalue weighted by Crippen LogP contribution is -2.39. The van der Waals surface area contributed by atoms with Crippen LogP contribution in [0.25, 0.3) is 0 Å². The van der Waals surface area contributed by atoms with Crippen molar-refractivity contribution in [2.24, 2.45) is 0 Å². The molecule has 1 aliphatic rings. The normalized spacial score (nSPS) is 19.4. The number of aliphatic hydroxyl groups excluding tert-OH is 1. The Balaban J connectivity index is 1.89. The highest BCUT2D eigenvalue weighted by Crippen LogP contribution is 2.40. The van der Waals surface area contributed by atoms with Crippen LogP contribution in [-0.2, 0) is 12.0 Å². The molecule has 0 unspecified atom stereocenters. The largest absolute Gasteiger partial charge is 0.489 e. The molecule has 0 amide bonds. The van der Waals surface area contributed by atoms with E-state index >= 15 is 0 Å². The first-order chi connectivity index (χ1) is 15.9. The molecule has 0 aliphatic carbocycles. The summed E-state index contributed by atoms with van der Waals surface area (Å²) in [6, 6.07) is 17.3. The first-order valence-electron chi connectivity index (χ1n) is 12.8. The van der Waals surface area contributed by atoms with Crippen LogP contribution in [0.5, 0.6) is 5.75 Å². The van der Waals surface area contributed by atoms with E-state index < -0.39 is 0 Å². The van der Waals surface area contributed by atoms with E-state index in [2.05, 4.69) is 74.7 Å². The number of unbranched alkanes of at least 4 members (excludes halogenated alkanes) is 3. The lowest BCUT2D eigenvalue weighted by Gasteiger charge is -2.38. The number of hydrogen-bond donors (Lipinski definition) is 1. The van der Waals surface area contributed by atoms with Crippen molar-refractivity contribution in [2.75, 3.05) is 13.1 Å². The summed E-state index contributed by atoms with van der Waals surface area (Å²) in [5.41, 5.74) is 3.78. The van der Waals surface area contributed by atoms with Crippen LogP contribution >= 0.6 is 0 Å². The average Bonchev–Trinajstić information content (AvgIpc) is 2.82. The van der Waals surface area contributed by atoms with Gasteiger partial charge in [-0.15, -0.1) is 6.58 Å². The van der Waals surface area contributed by atoms with Gasteiger partial charge in [0.05, 0.1) is 6.10 Å². The van der Waals surface area contributed by atoms with Crippen molar-refractivity contribution in [3.8, 4) is 5.75 Å². The quantitative estimate of drug-likeness (QED) is 0.275. The molecule has 33 heavy (non-hydrogen) atoms. The number of ether oxygens (including phenoxy) is 1. The number of nitrogens with zero attached hydrogens (tertiary/aromatic N) is 1. The van der Waals surface area contributed by atoms with Crippen LogP contribution in [0, 0.1) is 0 Å². The third-order valence-corrected chi connectivity index (χ3v) is 7.10. The number of piperidine rings is 1. The van der Waals surface area contributed by atoms with Crippen molar-refractivity contribution in [1.29, 1.82) is 0 Å². The monoisotopic (exact) mass is 449 g/mol. The zero-order valence-electron chi connectivity index (χ0n) is 20.9. The van der Waals surface area contributed by atoms with E-state index in [-0.39, 0.29) is 17.6 Å². The molecular formula is C30H43NO2. The Morgan fingerprint density at radius 1 is 1.12 bits per heavy atom. The molecule has 0 saturated carbocycles. The van der Waals surface area contributed by atoms with E-state index in [1.165, 1.54) is 48.8 Å². The molecule has 1 fully saturated rings. The van der Waals surface area contributed by atoms with Crippen LogP contribution in [0.1, 0.15) is 88.4 Å². The Kier molecular flexibility index (Phi) is 9.58. The predicted octanol–water partition coefficient (Wildman–Crippen LogP) is 7.20. The smallest absolute Gasteiger partial charge is 0.124 e. The SMILES string of the molecule is C=CCN1CC[C@H](O)C[C@@H]1c1ccc(C(C)(C)CCCCCC)cc1OCc1ccccc1. The molecule has 3 nitrogen and oxygen atoms in total. The summed E-state index contributed by atoms with van der Waals surface area (Å²) in [7, 11) is 0. The van der Waals surface area contributed by atoms with Gasteiger partial charge in [0, 0.05) is 24.7 Å². The Hall–Kier alpha value is -2.10. The van der Waals surface area contributed by atoms with Crippen molar-refractivity contribution in [3.63, 3.8) is 0 Å². The topological polar surface area (TPSA) is 32.7 Å². The van der Waals surface area contributed by atoms with Gasteiger partial charge in [-0.3, -0.25) is 4.90 Å². The minimum atomic E-state index is -0.271.